The molecule has 0 aliphatic carbocycles. The maximum atomic E-state index is 10.8. The second-order valence-electron chi connectivity index (χ2n) is 2.76. The highest BCUT2D eigenvalue weighted by Gasteiger charge is 2.10. The van der Waals surface area contributed by atoms with Gasteiger partial charge in [-0.1, -0.05) is 6.92 Å². The lowest BCUT2D eigenvalue weighted by molar-refractivity contribution is 0.0995. The largest absolute Gasteiger partial charge is 0.396 e. The normalized spacial score (nSPS) is 10.4. The van der Waals surface area contributed by atoms with Gasteiger partial charge < -0.3 is 11.5 Å². The summed E-state index contributed by atoms with van der Waals surface area (Å²) in [6.45, 7) is 2.84. The minimum absolute atomic E-state index is 0.159. The van der Waals surface area contributed by atoms with Gasteiger partial charge in [0.1, 0.15) is 0 Å². The number of amides is 1. The first kappa shape index (κ1) is 10.9. The topological polar surface area (TPSA) is 86.9 Å². The van der Waals surface area contributed by atoms with Gasteiger partial charge in [-0.15, -0.1) is 0 Å². The van der Waals surface area contributed by atoms with Crippen molar-refractivity contribution in [3.05, 3.63) is 11.9 Å². The first-order chi connectivity index (χ1) is 6.65. The highest BCUT2D eigenvalue weighted by molar-refractivity contribution is 7.99. The summed E-state index contributed by atoms with van der Waals surface area (Å²) in [4.78, 5) is 10.8. The van der Waals surface area contributed by atoms with Crippen molar-refractivity contribution in [2.45, 2.75) is 13.5 Å². The van der Waals surface area contributed by atoms with Gasteiger partial charge >= 0.3 is 0 Å². The zero-order valence-corrected chi connectivity index (χ0v) is 8.88. The maximum Gasteiger partial charge on any atom is 0.271 e. The van der Waals surface area contributed by atoms with Crippen LogP contribution in [0.5, 0.6) is 0 Å². The quantitative estimate of drug-likeness (QED) is 0.691. The Labute approximate surface area is 86.8 Å². The third kappa shape index (κ3) is 2.66. The number of carbonyl (C=O) groups is 1. The average molecular weight is 214 g/mol. The van der Waals surface area contributed by atoms with E-state index in [2.05, 4.69) is 12.0 Å². The molecule has 4 N–H and O–H groups in total. The summed E-state index contributed by atoms with van der Waals surface area (Å²) < 4.78 is 1.65. The molecule has 0 aliphatic heterocycles. The number of rotatable bonds is 5. The van der Waals surface area contributed by atoms with Crippen LogP contribution in [0, 0.1) is 0 Å². The molecular formula is C8H14N4OS. The molecule has 0 saturated heterocycles. The van der Waals surface area contributed by atoms with Gasteiger partial charge in [0.05, 0.1) is 12.2 Å². The third-order valence-corrected chi connectivity index (χ3v) is 2.57. The van der Waals surface area contributed by atoms with Crippen LogP contribution >= 0.6 is 11.8 Å². The predicted octanol–water partition coefficient (Wildman–Crippen LogP) is 0.317. The van der Waals surface area contributed by atoms with Crippen LogP contribution in [0.2, 0.25) is 0 Å². The zero-order chi connectivity index (χ0) is 10.6. The van der Waals surface area contributed by atoms with Crippen molar-refractivity contribution in [2.24, 2.45) is 5.73 Å². The molecule has 1 heterocycles. The highest BCUT2D eigenvalue weighted by atomic mass is 32.2. The number of nitrogens with zero attached hydrogens (tertiary/aromatic N) is 2. The number of hydrogen-bond donors (Lipinski definition) is 2. The summed E-state index contributed by atoms with van der Waals surface area (Å²) in [5.74, 6) is 1.44. The molecule has 0 fully saturated rings. The van der Waals surface area contributed by atoms with Gasteiger partial charge in [-0.05, 0) is 5.75 Å². The molecule has 6 heteroatoms. The Kier molecular flexibility index (Phi) is 3.82. The zero-order valence-electron chi connectivity index (χ0n) is 8.06. The molecule has 1 rings (SSSR count). The monoisotopic (exact) mass is 214 g/mol. The van der Waals surface area contributed by atoms with Crippen molar-refractivity contribution in [1.29, 1.82) is 0 Å². The van der Waals surface area contributed by atoms with E-state index in [-0.39, 0.29) is 5.69 Å². The summed E-state index contributed by atoms with van der Waals surface area (Å²) in [5, 5.41) is 3.98. The van der Waals surface area contributed by atoms with Crippen LogP contribution in [0.4, 0.5) is 5.69 Å². The molecule has 0 radical (unpaired) electrons. The average Bonchev–Trinajstić information content (AvgIpc) is 2.47. The molecular weight excluding hydrogens is 200 g/mol. The first-order valence-corrected chi connectivity index (χ1v) is 5.51. The van der Waals surface area contributed by atoms with Crippen LogP contribution in [0.3, 0.4) is 0 Å². The van der Waals surface area contributed by atoms with Gasteiger partial charge in [0.25, 0.3) is 5.91 Å². The van der Waals surface area contributed by atoms with E-state index in [1.165, 1.54) is 0 Å². The Hall–Kier alpha value is -1.17. The number of nitrogen functional groups attached to an aromatic ring is 1. The molecule has 0 bridgehead atoms. The van der Waals surface area contributed by atoms with E-state index in [9.17, 15) is 4.79 Å². The van der Waals surface area contributed by atoms with Gasteiger partial charge in [0.2, 0.25) is 0 Å². The minimum atomic E-state index is -0.579. The van der Waals surface area contributed by atoms with Crippen LogP contribution in [0.15, 0.2) is 6.20 Å². The lowest BCUT2D eigenvalue weighted by Gasteiger charge is -1.98. The first-order valence-electron chi connectivity index (χ1n) is 4.35. The van der Waals surface area contributed by atoms with Crippen molar-refractivity contribution in [2.75, 3.05) is 17.2 Å². The van der Waals surface area contributed by atoms with E-state index >= 15 is 0 Å². The van der Waals surface area contributed by atoms with E-state index < -0.39 is 5.91 Å². The number of aromatic nitrogens is 2. The fourth-order valence-corrected chi connectivity index (χ4v) is 1.65. The van der Waals surface area contributed by atoms with E-state index in [4.69, 9.17) is 11.5 Å². The number of thioether (sulfide) groups is 1. The summed E-state index contributed by atoms with van der Waals surface area (Å²) >= 11 is 1.81. The predicted molar refractivity (Wildman–Crippen MR) is 58.2 cm³/mol. The number of anilines is 1. The van der Waals surface area contributed by atoms with Crippen LogP contribution in [-0.4, -0.2) is 27.2 Å². The van der Waals surface area contributed by atoms with E-state index in [1.54, 1.807) is 10.9 Å². The maximum absolute atomic E-state index is 10.8. The summed E-state index contributed by atoms with van der Waals surface area (Å²) in [6.07, 6.45) is 1.64. The van der Waals surface area contributed by atoms with Crippen LogP contribution in [0.25, 0.3) is 0 Å². The van der Waals surface area contributed by atoms with E-state index in [0.717, 1.165) is 18.1 Å². The second-order valence-corrected chi connectivity index (χ2v) is 4.15. The number of aryl methyl sites for hydroxylation is 1. The van der Waals surface area contributed by atoms with Gasteiger partial charge in [0.15, 0.2) is 5.69 Å². The smallest absolute Gasteiger partial charge is 0.271 e. The summed E-state index contributed by atoms with van der Waals surface area (Å²) in [7, 11) is 0. The number of hydrogen-bond acceptors (Lipinski definition) is 4. The lowest BCUT2D eigenvalue weighted by Crippen LogP contribution is -2.14. The van der Waals surface area contributed by atoms with Gasteiger partial charge in [-0.25, -0.2) is 0 Å². The molecule has 1 amide bonds. The van der Waals surface area contributed by atoms with Crippen LogP contribution in [0.1, 0.15) is 17.4 Å². The molecule has 14 heavy (non-hydrogen) atoms. The molecule has 0 atom stereocenters. The third-order valence-electron chi connectivity index (χ3n) is 1.69. The van der Waals surface area contributed by atoms with Crippen molar-refractivity contribution in [1.82, 2.24) is 9.78 Å². The van der Waals surface area contributed by atoms with Crippen molar-refractivity contribution in [3.63, 3.8) is 0 Å². The Morgan fingerprint density at radius 2 is 2.43 bits per heavy atom. The molecule has 0 aliphatic rings. The summed E-state index contributed by atoms with van der Waals surface area (Å²) in [6, 6.07) is 0. The fraction of sp³-hybridized carbons (Fsp3) is 0.500. The highest BCUT2D eigenvalue weighted by Crippen LogP contribution is 2.09. The second kappa shape index (κ2) is 4.90. The van der Waals surface area contributed by atoms with Gasteiger partial charge in [-0.2, -0.15) is 16.9 Å². The SMILES string of the molecule is CCSCCn1cc(N)c(C(N)=O)n1. The molecule has 5 nitrogen and oxygen atoms in total. The van der Waals surface area contributed by atoms with Gasteiger partial charge in [0, 0.05) is 11.9 Å². The Morgan fingerprint density at radius 3 is 2.93 bits per heavy atom. The van der Waals surface area contributed by atoms with Crippen molar-refractivity contribution in [3.8, 4) is 0 Å². The Balaban J connectivity index is 2.62. The lowest BCUT2D eigenvalue weighted by atomic mass is 10.4. The fourth-order valence-electron chi connectivity index (χ4n) is 1.05. The Morgan fingerprint density at radius 1 is 1.71 bits per heavy atom. The Bertz CT molecular complexity index is 323. The van der Waals surface area contributed by atoms with Crippen LogP contribution < -0.4 is 11.5 Å². The van der Waals surface area contributed by atoms with Crippen molar-refractivity contribution >= 4 is 23.4 Å². The summed E-state index contributed by atoms with van der Waals surface area (Å²) in [5.41, 5.74) is 11.1. The van der Waals surface area contributed by atoms with Gasteiger partial charge in [-0.3, -0.25) is 9.48 Å². The van der Waals surface area contributed by atoms with Crippen LogP contribution in [-0.2, 0) is 6.54 Å². The number of carbonyl (C=O) groups excluding carboxylic acids is 1. The molecule has 1 aromatic heterocycles. The number of nitrogens with two attached hydrogens (primary N) is 2. The molecule has 0 aromatic carbocycles. The standard InChI is InChI=1S/C8H14N4OS/c1-2-14-4-3-12-5-6(9)7(11-12)8(10)13/h5H,2-4,9H2,1H3,(H2,10,13). The van der Waals surface area contributed by atoms with E-state index in [1.807, 2.05) is 11.8 Å². The van der Waals surface area contributed by atoms with E-state index in [0.29, 0.717) is 5.69 Å². The molecule has 0 saturated carbocycles. The van der Waals surface area contributed by atoms with Crippen molar-refractivity contribution < 1.29 is 4.79 Å². The molecule has 0 spiro atoms. The number of primary amides is 1. The molecule has 78 valence electrons. The molecule has 1 aromatic rings. The minimum Gasteiger partial charge on any atom is -0.396 e. The molecule has 0 unspecified atom stereocenters.